The number of carbonyl (C=O) groups is 1. The number of amides is 1. The van der Waals surface area contributed by atoms with Gasteiger partial charge >= 0.3 is 0 Å². The second kappa shape index (κ2) is 4.40. The van der Waals surface area contributed by atoms with Crippen molar-refractivity contribution >= 4 is 23.1 Å². The van der Waals surface area contributed by atoms with Gasteiger partial charge in [-0.05, 0) is 31.2 Å². The van der Waals surface area contributed by atoms with Gasteiger partial charge in [-0.3, -0.25) is 4.79 Å². The van der Waals surface area contributed by atoms with Crippen LogP contribution in [0.1, 0.15) is 14.5 Å². The molecule has 0 saturated carbocycles. The lowest BCUT2D eigenvalue weighted by Crippen LogP contribution is -2.11. The number of thiophene rings is 1. The standard InChI is InChI=1S/C11H9FN2OS/c1-7-5-6-8(16-7)11(15)14-10-4-2-3-9(12)13-10/h2-6H,1H3,(H,13,14,15). The van der Waals surface area contributed by atoms with Crippen LogP contribution < -0.4 is 5.32 Å². The maximum atomic E-state index is 12.8. The number of pyridine rings is 1. The van der Waals surface area contributed by atoms with E-state index in [1.807, 2.05) is 13.0 Å². The van der Waals surface area contributed by atoms with Gasteiger partial charge in [-0.25, -0.2) is 4.98 Å². The first-order valence-corrected chi connectivity index (χ1v) is 5.47. The largest absolute Gasteiger partial charge is 0.306 e. The van der Waals surface area contributed by atoms with Crippen molar-refractivity contribution in [3.63, 3.8) is 0 Å². The Hall–Kier alpha value is -1.75. The predicted molar refractivity (Wildman–Crippen MR) is 61.2 cm³/mol. The lowest BCUT2D eigenvalue weighted by molar-refractivity contribution is 0.103. The summed E-state index contributed by atoms with van der Waals surface area (Å²) >= 11 is 1.39. The van der Waals surface area contributed by atoms with Crippen LogP contribution in [0.3, 0.4) is 0 Å². The first-order valence-electron chi connectivity index (χ1n) is 4.65. The van der Waals surface area contributed by atoms with Crippen LogP contribution in [-0.2, 0) is 0 Å². The van der Waals surface area contributed by atoms with Crippen molar-refractivity contribution in [1.29, 1.82) is 0 Å². The highest BCUT2D eigenvalue weighted by atomic mass is 32.1. The van der Waals surface area contributed by atoms with Crippen LogP contribution in [-0.4, -0.2) is 10.9 Å². The Morgan fingerprint density at radius 3 is 2.81 bits per heavy atom. The number of halogens is 1. The minimum Gasteiger partial charge on any atom is -0.306 e. The Balaban J connectivity index is 2.13. The highest BCUT2D eigenvalue weighted by molar-refractivity contribution is 7.14. The molecule has 0 saturated heterocycles. The third-order valence-corrected chi connectivity index (χ3v) is 2.92. The molecule has 1 N–H and O–H groups in total. The third kappa shape index (κ3) is 2.43. The molecule has 2 aromatic rings. The number of hydrogen-bond donors (Lipinski definition) is 1. The summed E-state index contributed by atoms with van der Waals surface area (Å²) in [4.78, 5) is 16.9. The molecule has 5 heteroatoms. The molecule has 16 heavy (non-hydrogen) atoms. The maximum Gasteiger partial charge on any atom is 0.266 e. The summed E-state index contributed by atoms with van der Waals surface area (Å²) in [7, 11) is 0. The SMILES string of the molecule is Cc1ccc(C(=O)Nc2cccc(F)n2)s1. The molecule has 2 heterocycles. The van der Waals surface area contributed by atoms with Gasteiger partial charge in [-0.15, -0.1) is 11.3 Å². The normalized spacial score (nSPS) is 10.1. The summed E-state index contributed by atoms with van der Waals surface area (Å²) in [6.45, 7) is 1.92. The average Bonchev–Trinajstić information content (AvgIpc) is 2.65. The van der Waals surface area contributed by atoms with Crippen LogP contribution in [0, 0.1) is 12.9 Å². The monoisotopic (exact) mass is 236 g/mol. The summed E-state index contributed by atoms with van der Waals surface area (Å²) in [6.07, 6.45) is 0. The van der Waals surface area contributed by atoms with Gasteiger partial charge in [0.05, 0.1) is 4.88 Å². The van der Waals surface area contributed by atoms with Gasteiger partial charge in [0.15, 0.2) is 0 Å². The fourth-order valence-corrected chi connectivity index (χ4v) is 1.98. The molecule has 0 unspecified atom stereocenters. The number of anilines is 1. The van der Waals surface area contributed by atoms with E-state index >= 15 is 0 Å². The van der Waals surface area contributed by atoms with E-state index in [4.69, 9.17) is 0 Å². The van der Waals surface area contributed by atoms with Gasteiger partial charge < -0.3 is 5.32 Å². The molecule has 0 spiro atoms. The predicted octanol–water partition coefficient (Wildman–Crippen LogP) is 2.84. The molecule has 0 radical (unpaired) electrons. The van der Waals surface area contributed by atoms with E-state index in [1.54, 1.807) is 12.1 Å². The van der Waals surface area contributed by atoms with Crippen LogP contribution >= 0.6 is 11.3 Å². The smallest absolute Gasteiger partial charge is 0.266 e. The summed E-state index contributed by atoms with van der Waals surface area (Å²) in [5, 5.41) is 2.53. The van der Waals surface area contributed by atoms with E-state index in [0.717, 1.165) is 4.88 Å². The summed E-state index contributed by atoms with van der Waals surface area (Å²) < 4.78 is 12.8. The zero-order valence-corrected chi connectivity index (χ0v) is 9.34. The van der Waals surface area contributed by atoms with E-state index in [-0.39, 0.29) is 11.7 Å². The molecule has 0 atom stereocenters. The molecule has 2 aromatic heterocycles. The van der Waals surface area contributed by atoms with Gasteiger partial charge in [0, 0.05) is 4.88 Å². The van der Waals surface area contributed by atoms with Gasteiger partial charge in [0.25, 0.3) is 5.91 Å². The number of carbonyl (C=O) groups excluding carboxylic acids is 1. The minimum absolute atomic E-state index is 0.219. The topological polar surface area (TPSA) is 42.0 Å². The number of rotatable bonds is 2. The van der Waals surface area contributed by atoms with Crippen LogP contribution in [0.15, 0.2) is 30.3 Å². The highest BCUT2D eigenvalue weighted by Crippen LogP contribution is 2.16. The van der Waals surface area contributed by atoms with Crippen LogP contribution in [0.2, 0.25) is 0 Å². The Bertz CT molecular complexity index is 524. The third-order valence-electron chi connectivity index (χ3n) is 1.92. The van der Waals surface area contributed by atoms with Crippen molar-refractivity contribution in [3.8, 4) is 0 Å². The molecule has 0 bridgehead atoms. The van der Waals surface area contributed by atoms with Crippen molar-refractivity contribution in [1.82, 2.24) is 4.98 Å². The molecule has 82 valence electrons. The highest BCUT2D eigenvalue weighted by Gasteiger charge is 2.08. The van der Waals surface area contributed by atoms with E-state index in [9.17, 15) is 9.18 Å². The van der Waals surface area contributed by atoms with Crippen LogP contribution in [0.4, 0.5) is 10.2 Å². The number of hydrogen-bond acceptors (Lipinski definition) is 3. The minimum atomic E-state index is -0.611. The molecule has 0 aliphatic carbocycles. The number of aromatic nitrogens is 1. The molecular formula is C11H9FN2OS. The molecule has 1 amide bonds. The first-order chi connectivity index (χ1) is 7.65. The lowest BCUT2D eigenvalue weighted by atomic mass is 10.4. The lowest BCUT2D eigenvalue weighted by Gasteiger charge is -2.01. The average molecular weight is 236 g/mol. The molecule has 0 aliphatic heterocycles. The summed E-state index contributed by atoms with van der Waals surface area (Å²) in [5.74, 6) is -0.660. The van der Waals surface area contributed by atoms with Crippen LogP contribution in [0.5, 0.6) is 0 Å². The van der Waals surface area contributed by atoms with Crippen molar-refractivity contribution in [3.05, 3.63) is 46.0 Å². The maximum absolute atomic E-state index is 12.8. The molecule has 2 rings (SSSR count). The van der Waals surface area contributed by atoms with Gasteiger partial charge in [-0.1, -0.05) is 6.07 Å². The fraction of sp³-hybridized carbons (Fsp3) is 0.0909. The number of aryl methyl sites for hydroxylation is 1. The summed E-state index contributed by atoms with van der Waals surface area (Å²) in [5.41, 5.74) is 0. The fourth-order valence-electron chi connectivity index (χ4n) is 1.21. The second-order valence-electron chi connectivity index (χ2n) is 3.21. The molecule has 3 nitrogen and oxygen atoms in total. The van der Waals surface area contributed by atoms with E-state index < -0.39 is 5.95 Å². The van der Waals surface area contributed by atoms with Gasteiger partial charge in [-0.2, -0.15) is 4.39 Å². The van der Waals surface area contributed by atoms with Crippen molar-refractivity contribution in [2.24, 2.45) is 0 Å². The summed E-state index contributed by atoms with van der Waals surface area (Å²) in [6, 6.07) is 7.86. The van der Waals surface area contributed by atoms with Crippen molar-refractivity contribution in [2.75, 3.05) is 5.32 Å². The first kappa shape index (κ1) is 10.8. The van der Waals surface area contributed by atoms with E-state index in [2.05, 4.69) is 10.3 Å². The zero-order valence-electron chi connectivity index (χ0n) is 8.53. The van der Waals surface area contributed by atoms with E-state index in [0.29, 0.717) is 4.88 Å². The Labute approximate surface area is 96.0 Å². The van der Waals surface area contributed by atoms with E-state index in [1.165, 1.54) is 23.5 Å². The Morgan fingerprint density at radius 2 is 2.19 bits per heavy atom. The zero-order chi connectivity index (χ0) is 11.5. The molecule has 0 aliphatic rings. The number of nitrogens with one attached hydrogen (secondary N) is 1. The molecule has 0 aromatic carbocycles. The quantitative estimate of drug-likeness (QED) is 0.815. The van der Waals surface area contributed by atoms with Crippen molar-refractivity contribution in [2.45, 2.75) is 6.92 Å². The Kier molecular flexibility index (Phi) is 2.96. The molecule has 0 fully saturated rings. The van der Waals surface area contributed by atoms with Crippen LogP contribution in [0.25, 0.3) is 0 Å². The Morgan fingerprint density at radius 1 is 1.38 bits per heavy atom. The van der Waals surface area contributed by atoms with Gasteiger partial charge in [0.2, 0.25) is 5.95 Å². The molecular weight excluding hydrogens is 227 g/mol. The van der Waals surface area contributed by atoms with Crippen molar-refractivity contribution < 1.29 is 9.18 Å². The van der Waals surface area contributed by atoms with Gasteiger partial charge in [0.1, 0.15) is 5.82 Å². The second-order valence-corrected chi connectivity index (χ2v) is 4.50. The number of nitrogens with zero attached hydrogens (tertiary/aromatic N) is 1.